The van der Waals surface area contributed by atoms with Crippen LogP contribution in [-0.2, 0) is 0 Å². The molecule has 29 heavy (non-hydrogen) atoms. The van der Waals surface area contributed by atoms with Gasteiger partial charge in [-0.1, -0.05) is 32.0 Å². The summed E-state index contributed by atoms with van der Waals surface area (Å²) in [4.78, 5) is 32.9. The molecule has 1 amide bonds. The number of pyridine rings is 1. The average molecular weight is 388 g/mol. The third-order valence-electron chi connectivity index (χ3n) is 5.11. The van der Waals surface area contributed by atoms with E-state index in [9.17, 15) is 9.59 Å². The molecule has 148 valence electrons. The number of para-hydroxylation sites is 1. The maximum atomic E-state index is 12.5. The van der Waals surface area contributed by atoms with Crippen molar-refractivity contribution in [1.29, 1.82) is 0 Å². The van der Waals surface area contributed by atoms with E-state index in [1.54, 1.807) is 11.0 Å². The number of rotatable bonds is 2. The molecule has 0 aliphatic carbocycles. The number of hydrogen-bond donors (Lipinski definition) is 3. The first-order valence-electron chi connectivity index (χ1n) is 9.88. The van der Waals surface area contributed by atoms with Crippen LogP contribution in [0.3, 0.4) is 0 Å². The largest absolute Gasteiger partial charge is 0.354 e. The van der Waals surface area contributed by atoms with Gasteiger partial charge in [-0.05, 0) is 41.8 Å². The minimum atomic E-state index is -0.147. The first-order valence-corrected chi connectivity index (χ1v) is 9.88. The van der Waals surface area contributed by atoms with Gasteiger partial charge in [0, 0.05) is 41.1 Å². The van der Waals surface area contributed by atoms with Crippen molar-refractivity contribution in [2.24, 2.45) is 5.73 Å². The lowest BCUT2D eigenvalue weighted by Gasteiger charge is -2.36. The predicted molar refractivity (Wildman–Crippen MR) is 117 cm³/mol. The maximum Gasteiger partial charge on any atom is 0.257 e. The number of fused-ring (bicyclic) bond motifs is 2. The number of nitrogens with two attached hydrogens (primary N) is 1. The molecular weight excluding hydrogens is 364 g/mol. The molecule has 0 spiro atoms. The molecule has 4 aromatic rings. The van der Waals surface area contributed by atoms with Crippen molar-refractivity contribution in [3.8, 4) is 11.3 Å². The number of likely N-dealkylation sites (tertiary alicyclic amines) is 1. The van der Waals surface area contributed by atoms with Crippen LogP contribution in [0.5, 0.6) is 0 Å². The Hall–Kier alpha value is -3.38. The SMILES string of the molecule is CC.NC1CN(C(=O)c2ccc3[nH]c(-c4cc5ccccc5[nH]c4=O)cc3c2)C1. The van der Waals surface area contributed by atoms with Gasteiger partial charge >= 0.3 is 0 Å². The van der Waals surface area contributed by atoms with Crippen molar-refractivity contribution in [3.05, 3.63) is 70.5 Å². The number of carbonyl (C=O) groups excluding carboxylic acids is 1. The van der Waals surface area contributed by atoms with E-state index in [4.69, 9.17) is 5.73 Å². The second-order valence-electron chi connectivity index (χ2n) is 7.05. The van der Waals surface area contributed by atoms with Gasteiger partial charge in [0.1, 0.15) is 0 Å². The zero-order valence-corrected chi connectivity index (χ0v) is 16.5. The summed E-state index contributed by atoms with van der Waals surface area (Å²) < 4.78 is 0. The average Bonchev–Trinajstić information content (AvgIpc) is 3.15. The van der Waals surface area contributed by atoms with Gasteiger partial charge in [0.2, 0.25) is 0 Å². The molecular formula is C23H24N4O2. The van der Waals surface area contributed by atoms with Crippen molar-refractivity contribution in [1.82, 2.24) is 14.9 Å². The molecule has 5 rings (SSSR count). The van der Waals surface area contributed by atoms with Crippen molar-refractivity contribution >= 4 is 27.7 Å². The van der Waals surface area contributed by atoms with E-state index < -0.39 is 0 Å². The van der Waals surface area contributed by atoms with Crippen LogP contribution in [0, 0.1) is 0 Å². The highest BCUT2D eigenvalue weighted by molar-refractivity contribution is 5.99. The molecule has 1 fully saturated rings. The van der Waals surface area contributed by atoms with Gasteiger partial charge in [-0.2, -0.15) is 0 Å². The molecule has 6 nitrogen and oxygen atoms in total. The highest BCUT2D eigenvalue weighted by Crippen LogP contribution is 2.25. The van der Waals surface area contributed by atoms with Crippen LogP contribution in [0.25, 0.3) is 33.1 Å². The highest BCUT2D eigenvalue weighted by Gasteiger charge is 2.28. The molecule has 0 bridgehead atoms. The van der Waals surface area contributed by atoms with E-state index in [1.807, 2.05) is 62.4 Å². The summed E-state index contributed by atoms with van der Waals surface area (Å²) in [6.07, 6.45) is 0. The minimum absolute atomic E-state index is 0.00935. The van der Waals surface area contributed by atoms with Crippen molar-refractivity contribution in [3.63, 3.8) is 0 Å². The van der Waals surface area contributed by atoms with E-state index in [1.165, 1.54) is 0 Å². The molecule has 3 heterocycles. The molecule has 1 aliphatic heterocycles. The smallest absolute Gasteiger partial charge is 0.257 e. The van der Waals surface area contributed by atoms with E-state index in [-0.39, 0.29) is 17.5 Å². The van der Waals surface area contributed by atoms with Gasteiger partial charge in [-0.3, -0.25) is 9.59 Å². The number of H-pyrrole nitrogens is 2. The molecule has 2 aromatic heterocycles. The van der Waals surface area contributed by atoms with Gasteiger partial charge in [0.05, 0.1) is 11.3 Å². The van der Waals surface area contributed by atoms with Crippen LogP contribution in [0.15, 0.2) is 59.4 Å². The Kier molecular flexibility index (Phi) is 4.94. The Morgan fingerprint density at radius 1 is 0.966 bits per heavy atom. The van der Waals surface area contributed by atoms with Crippen LogP contribution < -0.4 is 11.3 Å². The summed E-state index contributed by atoms with van der Waals surface area (Å²) in [5.41, 5.74) is 9.25. The van der Waals surface area contributed by atoms with Crippen LogP contribution in [0.1, 0.15) is 24.2 Å². The van der Waals surface area contributed by atoms with E-state index >= 15 is 0 Å². The number of amides is 1. The van der Waals surface area contributed by atoms with Crippen molar-refractivity contribution < 1.29 is 4.79 Å². The molecule has 0 radical (unpaired) electrons. The zero-order chi connectivity index (χ0) is 20.5. The van der Waals surface area contributed by atoms with Gasteiger partial charge < -0.3 is 20.6 Å². The molecule has 4 N–H and O–H groups in total. The number of nitrogens with one attached hydrogen (secondary N) is 2. The first kappa shape index (κ1) is 19.0. The Morgan fingerprint density at radius 3 is 2.45 bits per heavy atom. The summed E-state index contributed by atoms with van der Waals surface area (Å²) in [6, 6.07) is 17.1. The summed E-state index contributed by atoms with van der Waals surface area (Å²) in [5, 5.41) is 1.86. The Balaban J connectivity index is 0.000000994. The quantitative estimate of drug-likeness (QED) is 0.491. The molecule has 6 heteroatoms. The first-order chi connectivity index (χ1) is 14.1. The fraction of sp³-hybridized carbons (Fsp3) is 0.217. The Morgan fingerprint density at radius 2 is 1.69 bits per heavy atom. The lowest BCUT2D eigenvalue weighted by atomic mass is 10.1. The standard InChI is InChI=1S/C21H18N4O2.C2H6/c22-15-10-25(11-15)21(27)13-5-6-18-14(7-13)9-19(23-18)16-8-12-3-1-2-4-17(12)24-20(16)26;1-2/h1-9,15,23H,10-11,22H2,(H,24,26);1-2H3. The number of nitrogens with zero attached hydrogens (tertiary/aromatic N) is 1. The lowest BCUT2D eigenvalue weighted by Crippen LogP contribution is -2.57. The molecule has 0 unspecified atom stereocenters. The Labute approximate surface area is 168 Å². The molecule has 0 saturated carbocycles. The summed E-state index contributed by atoms with van der Waals surface area (Å²) in [5.74, 6) is -0.00935. The van der Waals surface area contributed by atoms with Crippen LogP contribution in [-0.4, -0.2) is 39.9 Å². The van der Waals surface area contributed by atoms with Gasteiger partial charge in [0.25, 0.3) is 11.5 Å². The zero-order valence-electron chi connectivity index (χ0n) is 16.5. The third-order valence-corrected chi connectivity index (χ3v) is 5.11. The summed E-state index contributed by atoms with van der Waals surface area (Å²) in [7, 11) is 0. The topological polar surface area (TPSA) is 95.0 Å². The van der Waals surface area contributed by atoms with E-state index in [0.717, 1.165) is 27.5 Å². The summed E-state index contributed by atoms with van der Waals surface area (Å²) in [6.45, 7) is 5.20. The monoisotopic (exact) mass is 388 g/mol. The number of benzene rings is 2. The van der Waals surface area contributed by atoms with E-state index in [0.29, 0.717) is 24.2 Å². The lowest BCUT2D eigenvalue weighted by molar-refractivity contribution is 0.0608. The number of aromatic nitrogens is 2. The second kappa shape index (κ2) is 7.56. The molecule has 2 aromatic carbocycles. The van der Waals surface area contributed by atoms with Crippen molar-refractivity contribution in [2.75, 3.05) is 13.1 Å². The number of carbonyl (C=O) groups is 1. The van der Waals surface area contributed by atoms with Crippen LogP contribution in [0.4, 0.5) is 0 Å². The third kappa shape index (κ3) is 3.43. The minimum Gasteiger partial charge on any atom is -0.354 e. The van der Waals surface area contributed by atoms with Crippen molar-refractivity contribution in [2.45, 2.75) is 19.9 Å². The summed E-state index contributed by atoms with van der Waals surface area (Å²) >= 11 is 0. The predicted octanol–water partition coefficient (Wildman–Crippen LogP) is 3.49. The highest BCUT2D eigenvalue weighted by atomic mass is 16.2. The second-order valence-corrected chi connectivity index (χ2v) is 7.05. The Bertz CT molecular complexity index is 1250. The van der Waals surface area contributed by atoms with Gasteiger partial charge in [-0.15, -0.1) is 0 Å². The normalized spacial score (nSPS) is 13.8. The van der Waals surface area contributed by atoms with E-state index in [2.05, 4.69) is 9.97 Å². The van der Waals surface area contributed by atoms with Crippen LogP contribution >= 0.6 is 0 Å². The maximum absolute atomic E-state index is 12.5. The van der Waals surface area contributed by atoms with Gasteiger partial charge in [0.15, 0.2) is 0 Å². The molecule has 1 saturated heterocycles. The molecule has 1 aliphatic rings. The molecule has 0 atom stereocenters. The number of aromatic amines is 2. The fourth-order valence-electron chi connectivity index (χ4n) is 3.62. The van der Waals surface area contributed by atoms with Crippen LogP contribution in [0.2, 0.25) is 0 Å². The fourth-order valence-corrected chi connectivity index (χ4v) is 3.62. The van der Waals surface area contributed by atoms with Gasteiger partial charge in [-0.25, -0.2) is 0 Å². The number of hydrogen-bond acceptors (Lipinski definition) is 3.